The van der Waals surface area contributed by atoms with Crippen LogP contribution in [0.2, 0.25) is 0 Å². The van der Waals surface area contributed by atoms with Gasteiger partial charge in [0.1, 0.15) is 18.7 Å². The summed E-state index contributed by atoms with van der Waals surface area (Å²) in [5, 5.41) is 0. The number of carbonyl (C=O) groups is 1. The number of hydrogen-bond acceptors (Lipinski definition) is 5. The topological polar surface area (TPSA) is 59.8 Å². The molecule has 0 radical (unpaired) electrons. The average molecular weight is 406 g/mol. The van der Waals surface area contributed by atoms with E-state index >= 15 is 0 Å². The molecule has 1 aliphatic rings. The fraction of sp³-hybridized carbons (Fsp3) is 0.304. The highest BCUT2D eigenvalue weighted by Gasteiger charge is 2.14. The van der Waals surface area contributed by atoms with Crippen LogP contribution >= 0.6 is 0 Å². The predicted octanol–water partition coefficient (Wildman–Crippen LogP) is 3.37. The van der Waals surface area contributed by atoms with Gasteiger partial charge < -0.3 is 9.47 Å². The van der Waals surface area contributed by atoms with E-state index in [0.29, 0.717) is 6.61 Å². The van der Waals surface area contributed by atoms with Crippen molar-refractivity contribution in [2.75, 3.05) is 51.4 Å². The van der Waals surface area contributed by atoms with Crippen LogP contribution in [0.25, 0.3) is 11.3 Å². The maximum Gasteiger partial charge on any atom is 0.333 e. The number of nitrogens with zero attached hydrogens (tertiary/aromatic N) is 4. The predicted molar refractivity (Wildman–Crippen MR) is 116 cm³/mol. The summed E-state index contributed by atoms with van der Waals surface area (Å²) < 4.78 is 12.7. The smallest absolute Gasteiger partial charge is 0.333 e. The zero-order chi connectivity index (χ0) is 20.8. The first kappa shape index (κ1) is 20.1. The molecule has 0 N–H and O–H groups in total. The van der Waals surface area contributed by atoms with Gasteiger partial charge in [-0.25, -0.2) is 9.78 Å². The van der Waals surface area contributed by atoms with Gasteiger partial charge in [0.15, 0.2) is 0 Å². The van der Waals surface area contributed by atoms with Crippen molar-refractivity contribution in [1.82, 2.24) is 14.5 Å². The zero-order valence-electron chi connectivity index (χ0n) is 17.1. The molecular weight excluding hydrogens is 380 g/mol. The highest BCUT2D eigenvalue weighted by molar-refractivity contribution is 5.93. The molecule has 1 aliphatic heterocycles. The van der Waals surface area contributed by atoms with Gasteiger partial charge in [0.05, 0.1) is 18.9 Å². The first-order valence-corrected chi connectivity index (χ1v) is 10.1. The van der Waals surface area contributed by atoms with Crippen LogP contribution < -0.4 is 9.64 Å². The SMILES string of the molecule is CN(C(=O)n1cnc(-c2ccc(OCCN3CCOCC3)cc2)c1)c1ccccc1. The number of hydrogen-bond donors (Lipinski definition) is 0. The lowest BCUT2D eigenvalue weighted by Crippen LogP contribution is -2.38. The number of para-hydroxylation sites is 1. The van der Waals surface area contributed by atoms with E-state index in [9.17, 15) is 4.79 Å². The van der Waals surface area contributed by atoms with Crippen LogP contribution in [0, 0.1) is 0 Å². The van der Waals surface area contributed by atoms with Gasteiger partial charge in [-0.2, -0.15) is 0 Å². The molecule has 30 heavy (non-hydrogen) atoms. The maximum absolute atomic E-state index is 12.7. The highest BCUT2D eigenvalue weighted by Crippen LogP contribution is 2.21. The third kappa shape index (κ3) is 4.87. The Labute approximate surface area is 176 Å². The fourth-order valence-electron chi connectivity index (χ4n) is 3.35. The largest absolute Gasteiger partial charge is 0.492 e. The van der Waals surface area contributed by atoms with Crippen LogP contribution in [0.15, 0.2) is 67.1 Å². The second kappa shape index (κ2) is 9.56. The normalized spacial score (nSPS) is 14.4. The molecule has 0 spiro atoms. The molecule has 7 heteroatoms. The van der Waals surface area contributed by atoms with Crippen molar-refractivity contribution in [2.45, 2.75) is 0 Å². The molecule has 2 aromatic carbocycles. The van der Waals surface area contributed by atoms with Crippen LogP contribution in [-0.2, 0) is 4.74 Å². The number of benzene rings is 2. The Kier molecular flexibility index (Phi) is 6.41. The molecule has 0 saturated carbocycles. The number of amides is 1. The summed E-state index contributed by atoms with van der Waals surface area (Å²) >= 11 is 0. The number of anilines is 1. The van der Waals surface area contributed by atoms with Gasteiger partial charge in [0.2, 0.25) is 0 Å². The fourth-order valence-corrected chi connectivity index (χ4v) is 3.35. The number of aromatic nitrogens is 2. The van der Waals surface area contributed by atoms with Gasteiger partial charge in [-0.05, 0) is 36.4 Å². The third-order valence-corrected chi connectivity index (χ3v) is 5.16. The Morgan fingerprint density at radius 2 is 1.83 bits per heavy atom. The zero-order valence-corrected chi connectivity index (χ0v) is 17.1. The highest BCUT2D eigenvalue weighted by atomic mass is 16.5. The van der Waals surface area contributed by atoms with Gasteiger partial charge >= 0.3 is 6.03 Å². The molecule has 1 aromatic heterocycles. The molecule has 0 aliphatic carbocycles. The summed E-state index contributed by atoms with van der Waals surface area (Å²) in [5.74, 6) is 0.825. The Hall–Kier alpha value is -3.16. The molecule has 0 atom stereocenters. The quantitative estimate of drug-likeness (QED) is 0.628. The van der Waals surface area contributed by atoms with E-state index in [1.807, 2.05) is 54.6 Å². The minimum Gasteiger partial charge on any atom is -0.492 e. The van der Waals surface area contributed by atoms with Gasteiger partial charge in [-0.3, -0.25) is 14.4 Å². The van der Waals surface area contributed by atoms with Crippen molar-refractivity contribution >= 4 is 11.7 Å². The molecule has 7 nitrogen and oxygen atoms in total. The van der Waals surface area contributed by atoms with Gasteiger partial charge in [-0.15, -0.1) is 0 Å². The van der Waals surface area contributed by atoms with E-state index in [4.69, 9.17) is 9.47 Å². The lowest BCUT2D eigenvalue weighted by atomic mass is 10.2. The number of morpholine rings is 1. The first-order valence-electron chi connectivity index (χ1n) is 10.1. The summed E-state index contributed by atoms with van der Waals surface area (Å²) in [6.07, 6.45) is 3.29. The molecule has 0 bridgehead atoms. The van der Waals surface area contributed by atoms with E-state index in [2.05, 4.69) is 9.88 Å². The van der Waals surface area contributed by atoms with Crippen molar-refractivity contribution in [3.8, 4) is 17.0 Å². The number of imidazole rings is 1. The molecule has 1 saturated heterocycles. The number of carbonyl (C=O) groups excluding carboxylic acids is 1. The first-order chi connectivity index (χ1) is 14.7. The van der Waals surface area contributed by atoms with Crippen LogP contribution in [0.5, 0.6) is 5.75 Å². The standard InChI is InChI=1S/C23H26N4O3/c1-25(20-5-3-2-4-6-20)23(28)27-17-22(24-18-27)19-7-9-21(10-8-19)30-16-13-26-11-14-29-15-12-26/h2-10,17-18H,11-16H2,1H3. The second-order valence-corrected chi connectivity index (χ2v) is 7.17. The minimum absolute atomic E-state index is 0.164. The Balaban J connectivity index is 1.34. The van der Waals surface area contributed by atoms with Crippen molar-refractivity contribution < 1.29 is 14.3 Å². The van der Waals surface area contributed by atoms with Crippen molar-refractivity contribution in [3.63, 3.8) is 0 Å². The third-order valence-electron chi connectivity index (χ3n) is 5.16. The van der Waals surface area contributed by atoms with E-state index in [-0.39, 0.29) is 6.03 Å². The van der Waals surface area contributed by atoms with Crippen LogP contribution in [0.4, 0.5) is 10.5 Å². The van der Waals surface area contributed by atoms with Crippen molar-refractivity contribution in [2.24, 2.45) is 0 Å². The summed E-state index contributed by atoms with van der Waals surface area (Å²) in [4.78, 5) is 21.0. The second-order valence-electron chi connectivity index (χ2n) is 7.17. The molecule has 1 fully saturated rings. The van der Waals surface area contributed by atoms with Crippen molar-refractivity contribution in [3.05, 3.63) is 67.1 Å². The Morgan fingerprint density at radius 1 is 1.10 bits per heavy atom. The van der Waals surface area contributed by atoms with Gasteiger partial charge in [-0.1, -0.05) is 18.2 Å². The average Bonchev–Trinajstić information content (AvgIpc) is 3.30. The Bertz CT molecular complexity index is 950. The van der Waals surface area contributed by atoms with E-state index in [0.717, 1.165) is 55.5 Å². The lowest BCUT2D eigenvalue weighted by molar-refractivity contribution is 0.0322. The van der Waals surface area contributed by atoms with Gasteiger partial charge in [0.25, 0.3) is 0 Å². The molecule has 2 heterocycles. The molecule has 3 aromatic rings. The number of ether oxygens (including phenoxy) is 2. The molecule has 1 amide bonds. The van der Waals surface area contributed by atoms with E-state index < -0.39 is 0 Å². The minimum atomic E-state index is -0.164. The van der Waals surface area contributed by atoms with E-state index in [1.54, 1.807) is 24.5 Å². The molecule has 156 valence electrons. The monoisotopic (exact) mass is 406 g/mol. The van der Waals surface area contributed by atoms with Crippen molar-refractivity contribution in [1.29, 1.82) is 0 Å². The maximum atomic E-state index is 12.7. The Morgan fingerprint density at radius 3 is 2.57 bits per heavy atom. The molecule has 0 unspecified atom stereocenters. The van der Waals surface area contributed by atoms with Crippen LogP contribution in [0.1, 0.15) is 0 Å². The molecule has 4 rings (SSSR count). The van der Waals surface area contributed by atoms with Crippen LogP contribution in [-0.4, -0.2) is 67.0 Å². The number of rotatable bonds is 6. The lowest BCUT2D eigenvalue weighted by Gasteiger charge is -2.26. The summed E-state index contributed by atoms with van der Waals surface area (Å²) in [7, 11) is 1.75. The van der Waals surface area contributed by atoms with Crippen LogP contribution in [0.3, 0.4) is 0 Å². The summed E-state index contributed by atoms with van der Waals surface area (Å²) in [5.41, 5.74) is 2.51. The summed E-state index contributed by atoms with van der Waals surface area (Å²) in [6.45, 7) is 5.06. The van der Waals surface area contributed by atoms with Gasteiger partial charge in [0, 0.05) is 44.1 Å². The molecular formula is C23H26N4O3. The van der Waals surface area contributed by atoms with E-state index in [1.165, 1.54) is 4.57 Å². The summed E-state index contributed by atoms with van der Waals surface area (Å²) in [6, 6.07) is 17.2.